The molecule has 0 aliphatic rings. The van der Waals surface area contributed by atoms with Gasteiger partial charge in [0.1, 0.15) is 12.4 Å². The van der Waals surface area contributed by atoms with Gasteiger partial charge in [0.15, 0.2) is 0 Å². The molecule has 0 fully saturated rings. The van der Waals surface area contributed by atoms with Crippen LogP contribution in [0.25, 0.3) is 11.0 Å². The molecule has 1 heterocycles. The van der Waals surface area contributed by atoms with Crippen LogP contribution in [-0.2, 0) is 6.54 Å². The maximum atomic E-state index is 12.8. The number of fused-ring (bicyclic) bond motifs is 1. The molecule has 15 heavy (non-hydrogen) atoms. The fourth-order valence-electron chi connectivity index (χ4n) is 1.35. The van der Waals surface area contributed by atoms with Crippen LogP contribution in [0.3, 0.4) is 0 Å². The number of nitrogens with zero attached hydrogens (tertiary/aromatic N) is 2. The maximum Gasteiger partial charge on any atom is 0.406 e. The normalized spacial score (nSPS) is 12.3. The van der Waals surface area contributed by atoms with Crippen LogP contribution in [0, 0.1) is 5.82 Å². The van der Waals surface area contributed by atoms with Gasteiger partial charge < -0.3 is 4.57 Å². The molecule has 1 aromatic carbocycles. The molecule has 6 heteroatoms. The van der Waals surface area contributed by atoms with Crippen molar-refractivity contribution in [2.45, 2.75) is 12.7 Å². The summed E-state index contributed by atoms with van der Waals surface area (Å²) >= 11 is 0. The standard InChI is InChI=1S/C9H6F4N2/c10-6-1-2-7-8(3-6)15(5-14-7)4-9(11,12)13/h1-3,5H,4H2. The lowest BCUT2D eigenvalue weighted by Gasteiger charge is -2.07. The van der Waals surface area contributed by atoms with E-state index in [9.17, 15) is 17.6 Å². The molecule has 2 rings (SSSR count). The van der Waals surface area contributed by atoms with Gasteiger partial charge in [0.25, 0.3) is 0 Å². The summed E-state index contributed by atoms with van der Waals surface area (Å²) in [6.07, 6.45) is -3.28. The summed E-state index contributed by atoms with van der Waals surface area (Å²) in [4.78, 5) is 3.74. The van der Waals surface area contributed by atoms with E-state index in [4.69, 9.17) is 0 Å². The number of benzene rings is 1. The van der Waals surface area contributed by atoms with E-state index in [1.165, 1.54) is 6.07 Å². The van der Waals surface area contributed by atoms with E-state index in [-0.39, 0.29) is 5.52 Å². The van der Waals surface area contributed by atoms with E-state index >= 15 is 0 Å². The summed E-state index contributed by atoms with van der Waals surface area (Å²) in [6, 6.07) is 3.54. The number of halogens is 4. The van der Waals surface area contributed by atoms with E-state index in [2.05, 4.69) is 4.98 Å². The molecule has 0 radical (unpaired) electrons. The van der Waals surface area contributed by atoms with E-state index in [0.717, 1.165) is 23.0 Å². The Morgan fingerprint density at radius 3 is 2.67 bits per heavy atom. The van der Waals surface area contributed by atoms with Gasteiger partial charge in [-0.25, -0.2) is 9.37 Å². The largest absolute Gasteiger partial charge is 0.406 e. The maximum absolute atomic E-state index is 12.8. The van der Waals surface area contributed by atoms with Crippen molar-refractivity contribution in [3.05, 3.63) is 30.3 Å². The molecule has 2 nitrogen and oxygen atoms in total. The number of aromatic nitrogens is 2. The fraction of sp³-hybridized carbons (Fsp3) is 0.222. The fourth-order valence-corrected chi connectivity index (χ4v) is 1.35. The lowest BCUT2D eigenvalue weighted by atomic mass is 10.3. The number of hydrogen-bond donors (Lipinski definition) is 0. The molecule has 2 aromatic rings. The highest BCUT2D eigenvalue weighted by Gasteiger charge is 2.28. The molecule has 0 saturated carbocycles. The first-order chi connectivity index (χ1) is 6.96. The third kappa shape index (κ3) is 2.08. The zero-order valence-electron chi connectivity index (χ0n) is 7.42. The van der Waals surface area contributed by atoms with Crippen molar-refractivity contribution < 1.29 is 17.6 Å². The second-order valence-electron chi connectivity index (χ2n) is 3.12. The second-order valence-corrected chi connectivity index (χ2v) is 3.12. The first-order valence-electron chi connectivity index (χ1n) is 4.13. The van der Waals surface area contributed by atoms with Crippen LogP contribution < -0.4 is 0 Å². The van der Waals surface area contributed by atoms with Gasteiger partial charge >= 0.3 is 6.18 Å². The van der Waals surface area contributed by atoms with Crippen molar-refractivity contribution in [1.82, 2.24) is 9.55 Å². The second kappa shape index (κ2) is 3.22. The number of rotatable bonds is 1. The number of alkyl halides is 3. The summed E-state index contributed by atoms with van der Waals surface area (Å²) in [5.41, 5.74) is 0.493. The van der Waals surface area contributed by atoms with E-state index in [1.54, 1.807) is 0 Å². The van der Waals surface area contributed by atoms with Crippen LogP contribution in [0.15, 0.2) is 24.5 Å². The molecule has 0 amide bonds. The molecule has 0 aliphatic heterocycles. The van der Waals surface area contributed by atoms with Crippen molar-refractivity contribution in [2.75, 3.05) is 0 Å². The Kier molecular flexibility index (Phi) is 2.13. The predicted octanol–water partition coefficient (Wildman–Crippen LogP) is 2.74. The van der Waals surface area contributed by atoms with Crippen molar-refractivity contribution >= 4 is 11.0 Å². The van der Waals surface area contributed by atoms with Crippen molar-refractivity contribution in [2.24, 2.45) is 0 Å². The van der Waals surface area contributed by atoms with Crippen molar-refractivity contribution in [1.29, 1.82) is 0 Å². The van der Waals surface area contributed by atoms with Gasteiger partial charge in [-0.3, -0.25) is 0 Å². The Hall–Kier alpha value is -1.59. The van der Waals surface area contributed by atoms with Gasteiger partial charge in [-0.15, -0.1) is 0 Å². The van der Waals surface area contributed by atoms with Crippen molar-refractivity contribution in [3.63, 3.8) is 0 Å². The molecule has 0 unspecified atom stereocenters. The lowest BCUT2D eigenvalue weighted by Crippen LogP contribution is -2.16. The minimum atomic E-state index is -4.33. The van der Waals surface area contributed by atoms with Crippen LogP contribution >= 0.6 is 0 Å². The Labute approximate surface area is 82.1 Å². The van der Waals surface area contributed by atoms with Crippen LogP contribution in [0.4, 0.5) is 17.6 Å². The van der Waals surface area contributed by atoms with Gasteiger partial charge in [-0.05, 0) is 18.2 Å². The predicted molar refractivity (Wildman–Crippen MR) is 45.7 cm³/mol. The number of hydrogen-bond acceptors (Lipinski definition) is 1. The minimum Gasteiger partial charge on any atom is -0.321 e. The first-order valence-corrected chi connectivity index (χ1v) is 4.13. The molecule has 0 saturated heterocycles. The Morgan fingerprint density at radius 2 is 2.00 bits per heavy atom. The van der Waals surface area contributed by atoms with Crippen molar-refractivity contribution in [3.8, 4) is 0 Å². The molecule has 80 valence electrons. The zero-order chi connectivity index (χ0) is 11.1. The van der Waals surface area contributed by atoms with Crippen LogP contribution in [0.5, 0.6) is 0 Å². The summed E-state index contributed by atoms with van der Waals surface area (Å²) in [7, 11) is 0. The third-order valence-corrected chi connectivity index (χ3v) is 1.93. The Morgan fingerprint density at radius 1 is 1.27 bits per heavy atom. The van der Waals surface area contributed by atoms with Crippen LogP contribution in [0.2, 0.25) is 0 Å². The monoisotopic (exact) mass is 218 g/mol. The molecule has 0 N–H and O–H groups in total. The summed E-state index contributed by atoms with van der Waals surface area (Å²) in [6.45, 7) is -1.16. The van der Waals surface area contributed by atoms with E-state index in [1.807, 2.05) is 0 Å². The van der Waals surface area contributed by atoms with E-state index in [0.29, 0.717) is 5.52 Å². The molecule has 0 spiro atoms. The average Bonchev–Trinajstić information content (AvgIpc) is 2.46. The summed E-state index contributed by atoms with van der Waals surface area (Å²) < 4.78 is 50.0. The Balaban J connectivity index is 2.48. The quantitative estimate of drug-likeness (QED) is 0.673. The van der Waals surface area contributed by atoms with Gasteiger partial charge in [0.2, 0.25) is 0 Å². The van der Waals surface area contributed by atoms with Gasteiger partial charge in [-0.2, -0.15) is 13.2 Å². The third-order valence-electron chi connectivity index (χ3n) is 1.93. The zero-order valence-corrected chi connectivity index (χ0v) is 7.42. The van der Waals surface area contributed by atoms with Gasteiger partial charge in [0.05, 0.1) is 17.4 Å². The molecule has 0 bridgehead atoms. The SMILES string of the molecule is Fc1ccc2ncn(CC(F)(F)F)c2c1. The smallest absolute Gasteiger partial charge is 0.321 e. The minimum absolute atomic E-state index is 0.146. The first kappa shape index (κ1) is 9.95. The lowest BCUT2D eigenvalue weighted by molar-refractivity contribution is -0.139. The van der Waals surface area contributed by atoms with Crippen LogP contribution in [-0.4, -0.2) is 15.7 Å². The highest BCUT2D eigenvalue weighted by atomic mass is 19.4. The van der Waals surface area contributed by atoms with Gasteiger partial charge in [0, 0.05) is 0 Å². The average molecular weight is 218 g/mol. The molecule has 0 aliphatic carbocycles. The summed E-state index contributed by atoms with van der Waals surface area (Å²) in [5, 5.41) is 0. The molecular formula is C9H6F4N2. The molecule has 1 aromatic heterocycles. The Bertz CT molecular complexity index is 486. The number of imidazole rings is 1. The molecule has 0 atom stereocenters. The summed E-state index contributed by atoms with van der Waals surface area (Å²) in [5.74, 6) is -0.577. The highest BCUT2D eigenvalue weighted by molar-refractivity contribution is 5.75. The topological polar surface area (TPSA) is 17.8 Å². The van der Waals surface area contributed by atoms with Gasteiger partial charge in [-0.1, -0.05) is 0 Å². The van der Waals surface area contributed by atoms with E-state index < -0.39 is 18.5 Å². The van der Waals surface area contributed by atoms with Crippen LogP contribution in [0.1, 0.15) is 0 Å². The highest BCUT2D eigenvalue weighted by Crippen LogP contribution is 2.21. The molecular weight excluding hydrogens is 212 g/mol.